The minimum Gasteiger partial charge on any atom is -0.462 e. The Balaban J connectivity index is 4.22. The lowest BCUT2D eigenvalue weighted by Crippen LogP contribution is -2.30. The molecule has 0 spiro atoms. The Labute approximate surface area is 515 Å². The minimum atomic E-state index is -0.823. The van der Waals surface area contributed by atoms with Crippen LogP contribution in [0.25, 0.3) is 0 Å². The molecule has 0 aliphatic rings. The zero-order valence-corrected chi connectivity index (χ0v) is 54.9. The second kappa shape index (κ2) is 70.8. The first-order valence-electron chi connectivity index (χ1n) is 35.7. The van der Waals surface area contributed by atoms with Gasteiger partial charge in [0, 0.05) is 12.8 Å². The molecule has 0 saturated heterocycles. The summed E-state index contributed by atoms with van der Waals surface area (Å²) in [6, 6.07) is 0. The fourth-order valence-corrected chi connectivity index (χ4v) is 10.3. The van der Waals surface area contributed by atoms with Gasteiger partial charge in [-0.1, -0.05) is 330 Å². The van der Waals surface area contributed by atoms with Gasteiger partial charge in [-0.2, -0.15) is 0 Å². The van der Waals surface area contributed by atoms with Crippen molar-refractivity contribution in [2.75, 3.05) is 13.2 Å². The van der Waals surface area contributed by atoms with Gasteiger partial charge in [0.2, 0.25) is 0 Å². The van der Waals surface area contributed by atoms with Gasteiger partial charge < -0.3 is 14.2 Å². The van der Waals surface area contributed by atoms with Crippen molar-refractivity contribution in [2.24, 2.45) is 0 Å². The van der Waals surface area contributed by atoms with Gasteiger partial charge in [-0.15, -0.1) is 0 Å². The van der Waals surface area contributed by atoms with Crippen molar-refractivity contribution in [3.8, 4) is 0 Å². The predicted molar refractivity (Wildman–Crippen MR) is 362 cm³/mol. The van der Waals surface area contributed by atoms with Crippen LogP contribution in [-0.2, 0) is 28.6 Å². The van der Waals surface area contributed by atoms with E-state index in [1.165, 1.54) is 231 Å². The quantitative estimate of drug-likeness (QED) is 0.0261. The van der Waals surface area contributed by atoms with Gasteiger partial charge in [0.1, 0.15) is 13.2 Å². The lowest BCUT2D eigenvalue weighted by atomic mass is 10.0. The van der Waals surface area contributed by atoms with Gasteiger partial charge in [0.15, 0.2) is 6.10 Å². The topological polar surface area (TPSA) is 78.9 Å². The molecule has 0 aromatic heterocycles. The second-order valence-electron chi connectivity index (χ2n) is 23.8. The maximum absolute atomic E-state index is 12.9. The zero-order valence-electron chi connectivity index (χ0n) is 54.9. The van der Waals surface area contributed by atoms with Crippen molar-refractivity contribution in [1.29, 1.82) is 0 Å². The summed E-state index contributed by atoms with van der Waals surface area (Å²) in [5.41, 5.74) is 0. The Kier molecular flexibility index (Phi) is 67.7. The molecule has 0 aliphatic carbocycles. The number of carbonyl (C=O) groups is 3. The van der Waals surface area contributed by atoms with Gasteiger partial charge in [-0.3, -0.25) is 14.4 Å². The Morgan fingerprint density at radius 3 is 0.880 bits per heavy atom. The second-order valence-corrected chi connectivity index (χ2v) is 23.8. The Hall–Kier alpha value is -3.67. The largest absolute Gasteiger partial charge is 0.462 e. The number of allylic oxidation sites excluding steroid dienone is 15. The first-order chi connectivity index (χ1) is 41.0. The van der Waals surface area contributed by atoms with Crippen molar-refractivity contribution in [3.05, 3.63) is 97.2 Å². The average molecular weight is 1160 g/mol. The van der Waals surface area contributed by atoms with Gasteiger partial charge in [0.25, 0.3) is 0 Å². The van der Waals surface area contributed by atoms with Crippen LogP contribution in [0, 0.1) is 0 Å². The predicted octanol–water partition coefficient (Wildman–Crippen LogP) is 24.8. The maximum atomic E-state index is 12.9. The lowest BCUT2D eigenvalue weighted by Gasteiger charge is -2.18. The molecule has 478 valence electrons. The summed E-state index contributed by atoms with van der Waals surface area (Å²) in [5.74, 6) is -1.04. The third kappa shape index (κ3) is 69.0. The highest BCUT2D eigenvalue weighted by atomic mass is 16.6. The summed E-state index contributed by atoms with van der Waals surface area (Å²) >= 11 is 0. The molecule has 0 rings (SSSR count). The summed E-state index contributed by atoms with van der Waals surface area (Å²) in [6.45, 7) is 6.44. The summed E-state index contributed by atoms with van der Waals surface area (Å²) < 4.78 is 16.8. The van der Waals surface area contributed by atoms with E-state index < -0.39 is 12.1 Å². The van der Waals surface area contributed by atoms with Crippen LogP contribution in [0.4, 0.5) is 0 Å². The summed E-state index contributed by atoms with van der Waals surface area (Å²) in [7, 11) is 0. The van der Waals surface area contributed by atoms with E-state index in [0.717, 1.165) is 83.5 Å². The third-order valence-corrected chi connectivity index (χ3v) is 15.6. The smallest absolute Gasteiger partial charge is 0.309 e. The molecule has 6 heteroatoms. The molecule has 1 atom stereocenters. The van der Waals surface area contributed by atoms with E-state index >= 15 is 0 Å². The van der Waals surface area contributed by atoms with E-state index in [1.807, 2.05) is 6.08 Å². The van der Waals surface area contributed by atoms with E-state index in [2.05, 4.69) is 106 Å². The maximum Gasteiger partial charge on any atom is 0.309 e. The van der Waals surface area contributed by atoms with Crippen molar-refractivity contribution in [2.45, 2.75) is 361 Å². The number of ether oxygens (including phenoxy) is 3. The van der Waals surface area contributed by atoms with Crippen LogP contribution in [0.15, 0.2) is 97.2 Å². The van der Waals surface area contributed by atoms with Gasteiger partial charge >= 0.3 is 17.9 Å². The molecule has 0 aromatic carbocycles. The molecule has 0 saturated carbocycles. The van der Waals surface area contributed by atoms with Crippen LogP contribution >= 0.6 is 0 Å². The van der Waals surface area contributed by atoms with Crippen molar-refractivity contribution < 1.29 is 28.6 Å². The van der Waals surface area contributed by atoms with Crippen molar-refractivity contribution in [3.63, 3.8) is 0 Å². The van der Waals surface area contributed by atoms with Crippen LogP contribution in [0.2, 0.25) is 0 Å². The molecular formula is C77H134O6. The van der Waals surface area contributed by atoms with Gasteiger partial charge in [-0.25, -0.2) is 0 Å². The number of unbranched alkanes of at least 4 members (excludes halogenated alkanes) is 39. The van der Waals surface area contributed by atoms with Crippen LogP contribution in [0.3, 0.4) is 0 Å². The number of rotatable bonds is 65. The first-order valence-corrected chi connectivity index (χ1v) is 35.7. The van der Waals surface area contributed by atoms with Gasteiger partial charge in [0.05, 0.1) is 6.42 Å². The molecule has 1 unspecified atom stereocenters. The van der Waals surface area contributed by atoms with Crippen LogP contribution < -0.4 is 0 Å². The fourth-order valence-electron chi connectivity index (χ4n) is 10.3. The Morgan fingerprint density at radius 1 is 0.265 bits per heavy atom. The molecule has 0 aromatic rings. The van der Waals surface area contributed by atoms with E-state index in [1.54, 1.807) is 6.08 Å². The normalized spacial score (nSPS) is 12.7. The monoisotopic (exact) mass is 1160 g/mol. The number of carbonyl (C=O) groups excluding carboxylic acids is 3. The average Bonchev–Trinajstić information content (AvgIpc) is 3.49. The van der Waals surface area contributed by atoms with Crippen LogP contribution in [-0.4, -0.2) is 37.2 Å². The van der Waals surface area contributed by atoms with E-state index in [4.69, 9.17) is 14.2 Å². The molecule has 0 heterocycles. The Bertz CT molecular complexity index is 1610. The molecule has 83 heavy (non-hydrogen) atoms. The van der Waals surface area contributed by atoms with Crippen molar-refractivity contribution in [1.82, 2.24) is 0 Å². The number of esters is 3. The standard InChI is InChI=1S/C77H134O6/c1-4-7-10-13-16-19-22-25-28-30-31-32-33-34-35-36-37-38-39-40-41-42-43-44-45-47-49-52-55-58-61-64-67-70-76(79)82-73-74(72-81-75(78)69-66-63-60-57-54-51-48-27-24-21-18-15-12-9-6-3)83-77(80)71-68-65-62-59-56-53-50-46-29-26-23-20-17-14-11-8-5-2/h9,12,17-18,20-21,26-27,29-31,48,54,57,63,66,74H,4-8,10-11,13-16,19,22-25,28,32-47,49-53,55-56,58-62,64-65,67-73H2,1-3H3/b12-9-,20-17-,21-18-,29-26-,31-30-,48-27-,57-54-,66-63-. The first kappa shape index (κ1) is 79.3. The summed E-state index contributed by atoms with van der Waals surface area (Å²) in [6.07, 6.45) is 96.3. The highest BCUT2D eigenvalue weighted by Crippen LogP contribution is 2.18. The molecule has 0 bridgehead atoms. The van der Waals surface area contributed by atoms with Crippen LogP contribution in [0.5, 0.6) is 0 Å². The lowest BCUT2D eigenvalue weighted by molar-refractivity contribution is -0.166. The number of hydrogen-bond acceptors (Lipinski definition) is 6. The molecular weight excluding hydrogens is 1020 g/mol. The fraction of sp³-hybridized carbons (Fsp3) is 0.753. The highest BCUT2D eigenvalue weighted by molar-refractivity contribution is 5.72. The molecule has 0 aliphatic heterocycles. The SMILES string of the molecule is CC/C=C\C/C=C\C/C=C\C/C=C\C/C=C\CC(=O)OCC(COC(=O)CCCCCCCCCCCCCCCCCCCCCCC/C=C\CCCCCCCCCC)OC(=O)CCCCCCCCC/C=C\C/C=C\CCCCC. The van der Waals surface area contributed by atoms with E-state index in [-0.39, 0.29) is 31.6 Å². The summed E-state index contributed by atoms with van der Waals surface area (Å²) in [5, 5.41) is 0. The van der Waals surface area contributed by atoms with Crippen molar-refractivity contribution >= 4 is 17.9 Å². The Morgan fingerprint density at radius 2 is 0.518 bits per heavy atom. The van der Waals surface area contributed by atoms with E-state index in [9.17, 15) is 14.4 Å². The minimum absolute atomic E-state index is 0.108. The molecule has 0 fully saturated rings. The summed E-state index contributed by atoms with van der Waals surface area (Å²) in [4.78, 5) is 38.3. The van der Waals surface area contributed by atoms with Crippen LogP contribution in [0.1, 0.15) is 355 Å². The molecule has 0 amide bonds. The molecule has 6 nitrogen and oxygen atoms in total. The molecule has 0 radical (unpaired) electrons. The van der Waals surface area contributed by atoms with Gasteiger partial charge in [-0.05, 0) is 103 Å². The molecule has 0 N–H and O–H groups in total. The number of hydrogen-bond donors (Lipinski definition) is 0. The van der Waals surface area contributed by atoms with E-state index in [0.29, 0.717) is 12.8 Å². The third-order valence-electron chi connectivity index (χ3n) is 15.6. The highest BCUT2D eigenvalue weighted by Gasteiger charge is 2.19. The zero-order chi connectivity index (χ0) is 59.9.